The predicted octanol–water partition coefficient (Wildman–Crippen LogP) is 7.41. The van der Waals surface area contributed by atoms with Crippen LogP contribution in [0.25, 0.3) is 5.57 Å². The van der Waals surface area contributed by atoms with Crippen LogP contribution in [0.4, 0.5) is 15.8 Å². The standard InChI is InChI=1S/C37H35FN2O4/c1-3-4-9-30-25(2)40(35-13-8-6-10-31(30)35)22-23-44-29-20-14-26(15-21-29)24-34(37(42)43)39-33-12-7-5-11-32(33)36(41)27-16-18-28(38)19-17-27/h3-21,25,34,39H,22-24H2,1-2H3,(H,42,43)/b4-3-,30-9+. The van der Waals surface area contributed by atoms with Crippen molar-refractivity contribution >= 4 is 28.7 Å². The number of rotatable bonds is 12. The second-order valence-electron chi connectivity index (χ2n) is 10.6. The highest BCUT2D eigenvalue weighted by Crippen LogP contribution is 2.40. The number of hydrogen-bond donors (Lipinski definition) is 2. The average molecular weight is 591 g/mol. The second kappa shape index (κ2) is 13.9. The molecular formula is C37H35FN2O4. The van der Waals surface area contributed by atoms with Gasteiger partial charge in [-0.2, -0.15) is 0 Å². The first-order valence-electron chi connectivity index (χ1n) is 14.6. The summed E-state index contributed by atoms with van der Waals surface area (Å²) in [5, 5.41) is 13.0. The Morgan fingerprint density at radius 2 is 1.68 bits per heavy atom. The monoisotopic (exact) mass is 590 g/mol. The Balaban J connectivity index is 1.21. The number of halogens is 1. The molecule has 0 aromatic heterocycles. The van der Waals surface area contributed by atoms with Gasteiger partial charge < -0.3 is 20.1 Å². The molecule has 5 rings (SSSR count). The number of carboxylic acids is 1. The van der Waals surface area contributed by atoms with Crippen LogP contribution in [-0.2, 0) is 11.2 Å². The molecule has 6 nitrogen and oxygen atoms in total. The fourth-order valence-corrected chi connectivity index (χ4v) is 5.48. The summed E-state index contributed by atoms with van der Waals surface area (Å²) in [6, 6.07) is 27.1. The molecule has 224 valence electrons. The van der Waals surface area contributed by atoms with E-state index in [2.05, 4.69) is 53.6 Å². The molecule has 44 heavy (non-hydrogen) atoms. The number of anilines is 2. The van der Waals surface area contributed by atoms with Crippen LogP contribution < -0.4 is 15.0 Å². The van der Waals surface area contributed by atoms with Crippen molar-refractivity contribution in [3.8, 4) is 5.75 Å². The third-order valence-corrected chi connectivity index (χ3v) is 7.78. The molecule has 4 aromatic rings. The number of hydrogen-bond acceptors (Lipinski definition) is 5. The first-order chi connectivity index (χ1) is 21.4. The molecule has 1 aliphatic heterocycles. The zero-order valence-corrected chi connectivity index (χ0v) is 24.7. The van der Waals surface area contributed by atoms with Crippen LogP contribution in [-0.4, -0.2) is 42.1 Å². The Kier molecular flexibility index (Phi) is 9.55. The van der Waals surface area contributed by atoms with Crippen molar-refractivity contribution in [1.29, 1.82) is 0 Å². The van der Waals surface area contributed by atoms with Crippen molar-refractivity contribution in [1.82, 2.24) is 0 Å². The van der Waals surface area contributed by atoms with Crippen molar-refractivity contribution in [2.24, 2.45) is 0 Å². The van der Waals surface area contributed by atoms with Crippen molar-refractivity contribution in [3.63, 3.8) is 0 Å². The second-order valence-corrected chi connectivity index (χ2v) is 10.6. The normalized spacial score (nSPS) is 15.8. The molecule has 0 saturated heterocycles. The summed E-state index contributed by atoms with van der Waals surface area (Å²) in [4.78, 5) is 27.6. The molecule has 0 saturated carbocycles. The van der Waals surface area contributed by atoms with Gasteiger partial charge in [0.1, 0.15) is 24.2 Å². The Morgan fingerprint density at radius 1 is 0.977 bits per heavy atom. The largest absolute Gasteiger partial charge is 0.492 e. The number of allylic oxidation sites excluding steroid dienone is 3. The number of para-hydroxylation sites is 2. The summed E-state index contributed by atoms with van der Waals surface area (Å²) in [6.45, 7) is 5.42. The van der Waals surface area contributed by atoms with E-state index in [1.54, 1.807) is 24.3 Å². The van der Waals surface area contributed by atoms with Gasteiger partial charge in [0, 0.05) is 34.5 Å². The van der Waals surface area contributed by atoms with Crippen LogP contribution in [0.15, 0.2) is 115 Å². The lowest BCUT2D eigenvalue weighted by Crippen LogP contribution is -2.33. The number of benzene rings is 4. The minimum absolute atomic E-state index is 0.193. The van der Waals surface area contributed by atoms with E-state index >= 15 is 0 Å². The van der Waals surface area contributed by atoms with Gasteiger partial charge >= 0.3 is 5.97 Å². The third kappa shape index (κ3) is 6.89. The van der Waals surface area contributed by atoms with Gasteiger partial charge in [-0.3, -0.25) is 4.79 Å². The first-order valence-corrected chi connectivity index (χ1v) is 14.6. The quantitative estimate of drug-likeness (QED) is 0.167. The minimum Gasteiger partial charge on any atom is -0.492 e. The van der Waals surface area contributed by atoms with Gasteiger partial charge in [0.25, 0.3) is 0 Å². The number of ketones is 1. The van der Waals surface area contributed by atoms with E-state index in [9.17, 15) is 19.1 Å². The van der Waals surface area contributed by atoms with Gasteiger partial charge in [-0.25, -0.2) is 9.18 Å². The molecule has 0 radical (unpaired) electrons. The molecule has 1 aliphatic rings. The first kappa shape index (κ1) is 30.3. The Morgan fingerprint density at radius 3 is 2.41 bits per heavy atom. The van der Waals surface area contributed by atoms with E-state index in [1.807, 2.05) is 37.3 Å². The minimum atomic E-state index is -1.04. The highest BCUT2D eigenvalue weighted by atomic mass is 19.1. The van der Waals surface area contributed by atoms with E-state index in [1.165, 1.54) is 41.1 Å². The lowest BCUT2D eigenvalue weighted by atomic mass is 10.00. The third-order valence-electron chi connectivity index (χ3n) is 7.78. The van der Waals surface area contributed by atoms with Crippen LogP contribution in [0.2, 0.25) is 0 Å². The molecule has 0 spiro atoms. The number of carboxylic acid groups (broad SMARTS) is 1. The average Bonchev–Trinajstić information content (AvgIpc) is 3.30. The summed E-state index contributed by atoms with van der Waals surface area (Å²) < 4.78 is 19.4. The number of nitrogens with one attached hydrogen (secondary N) is 1. The smallest absolute Gasteiger partial charge is 0.326 e. The van der Waals surface area contributed by atoms with Gasteiger partial charge in [0.15, 0.2) is 5.78 Å². The van der Waals surface area contributed by atoms with E-state index in [4.69, 9.17) is 4.74 Å². The van der Waals surface area contributed by atoms with Gasteiger partial charge in [0.05, 0.1) is 12.6 Å². The maximum atomic E-state index is 13.4. The maximum Gasteiger partial charge on any atom is 0.326 e. The molecule has 2 atom stereocenters. The maximum absolute atomic E-state index is 13.4. The topological polar surface area (TPSA) is 78.9 Å². The zero-order valence-electron chi connectivity index (χ0n) is 24.7. The fourth-order valence-electron chi connectivity index (χ4n) is 5.48. The molecule has 7 heteroatoms. The van der Waals surface area contributed by atoms with Crippen LogP contribution in [0.1, 0.15) is 40.9 Å². The van der Waals surface area contributed by atoms with Crippen LogP contribution in [0.3, 0.4) is 0 Å². The van der Waals surface area contributed by atoms with E-state index in [0.29, 0.717) is 35.7 Å². The highest BCUT2D eigenvalue weighted by Gasteiger charge is 2.29. The predicted molar refractivity (Wildman–Crippen MR) is 173 cm³/mol. The summed E-state index contributed by atoms with van der Waals surface area (Å²) in [5.74, 6) is -1.10. The number of nitrogens with zero attached hydrogens (tertiary/aromatic N) is 1. The number of carbonyl (C=O) groups is 2. The summed E-state index contributed by atoms with van der Waals surface area (Å²) in [5.41, 5.74) is 5.56. The molecule has 0 aliphatic carbocycles. The van der Waals surface area contributed by atoms with Crippen LogP contribution >= 0.6 is 0 Å². The van der Waals surface area contributed by atoms with E-state index in [-0.39, 0.29) is 18.2 Å². The Hall–Kier alpha value is -5.17. The SMILES string of the molecule is C/C=C\C=C1\c2ccccc2N(CCOc2ccc(CC(Nc3ccccc3C(=O)c3ccc(F)cc3)C(=O)O)cc2)C1C. The van der Waals surface area contributed by atoms with E-state index < -0.39 is 17.8 Å². The number of ether oxygens (including phenoxy) is 1. The number of fused-ring (bicyclic) bond motifs is 1. The van der Waals surface area contributed by atoms with Crippen molar-refractivity contribution < 1.29 is 23.8 Å². The Labute approximate surface area is 257 Å². The molecule has 2 N–H and O–H groups in total. The van der Waals surface area contributed by atoms with Gasteiger partial charge in [-0.05, 0) is 79.6 Å². The molecular weight excluding hydrogens is 555 g/mol. The van der Waals surface area contributed by atoms with Crippen molar-refractivity contribution in [3.05, 3.63) is 143 Å². The fraction of sp³-hybridized carbons (Fsp3) is 0.189. The molecule has 0 fully saturated rings. The molecule has 4 aromatic carbocycles. The van der Waals surface area contributed by atoms with Crippen LogP contribution in [0, 0.1) is 5.82 Å². The van der Waals surface area contributed by atoms with Crippen LogP contribution in [0.5, 0.6) is 5.75 Å². The van der Waals surface area contributed by atoms with E-state index in [0.717, 1.165) is 5.56 Å². The lowest BCUT2D eigenvalue weighted by Gasteiger charge is -2.25. The summed E-state index contributed by atoms with van der Waals surface area (Å²) >= 11 is 0. The zero-order chi connectivity index (χ0) is 31.1. The van der Waals surface area contributed by atoms with Crippen molar-refractivity contribution in [2.45, 2.75) is 32.4 Å². The van der Waals surface area contributed by atoms with Gasteiger partial charge in [-0.15, -0.1) is 0 Å². The molecule has 0 amide bonds. The van der Waals surface area contributed by atoms with Crippen molar-refractivity contribution in [2.75, 3.05) is 23.4 Å². The molecule has 2 unspecified atom stereocenters. The number of aliphatic carboxylic acids is 1. The number of carbonyl (C=O) groups excluding carboxylic acids is 1. The Bertz CT molecular complexity index is 1680. The summed E-state index contributed by atoms with van der Waals surface area (Å²) in [6.07, 6.45) is 6.46. The summed E-state index contributed by atoms with van der Waals surface area (Å²) in [7, 11) is 0. The molecule has 0 bridgehead atoms. The molecule has 1 heterocycles. The van der Waals surface area contributed by atoms with Gasteiger partial charge in [-0.1, -0.05) is 60.7 Å². The highest BCUT2D eigenvalue weighted by molar-refractivity contribution is 6.12. The van der Waals surface area contributed by atoms with Gasteiger partial charge in [0.2, 0.25) is 0 Å². The lowest BCUT2D eigenvalue weighted by molar-refractivity contribution is -0.137.